The Morgan fingerprint density at radius 3 is 2.65 bits per heavy atom. The quantitative estimate of drug-likeness (QED) is 0.685. The van der Waals surface area contributed by atoms with Crippen LogP contribution in [0.3, 0.4) is 0 Å². The first-order chi connectivity index (χ1) is 8.15. The number of hydrogen-bond acceptors (Lipinski definition) is 2. The largest absolute Gasteiger partial charge is 0.353 e. The molecule has 0 aromatic carbocycles. The zero-order chi connectivity index (χ0) is 12.7. The van der Waals surface area contributed by atoms with E-state index in [0.29, 0.717) is 12.1 Å². The summed E-state index contributed by atoms with van der Waals surface area (Å²) in [5.74, 6) is 1.00. The molecule has 1 N–H and O–H groups in total. The van der Waals surface area contributed by atoms with E-state index in [1.165, 1.54) is 32.1 Å². The van der Waals surface area contributed by atoms with E-state index >= 15 is 0 Å². The molecule has 98 valence electrons. The van der Waals surface area contributed by atoms with Crippen molar-refractivity contribution in [3.8, 4) is 0 Å². The van der Waals surface area contributed by atoms with Crippen LogP contribution in [0.4, 0.5) is 5.95 Å². The average molecular weight is 237 g/mol. The van der Waals surface area contributed by atoms with Crippen LogP contribution in [0.2, 0.25) is 0 Å². The van der Waals surface area contributed by atoms with E-state index in [-0.39, 0.29) is 0 Å². The molecule has 0 aliphatic rings. The van der Waals surface area contributed by atoms with Crippen LogP contribution in [0.5, 0.6) is 0 Å². The van der Waals surface area contributed by atoms with E-state index in [1.807, 2.05) is 12.4 Å². The molecule has 1 aromatic rings. The van der Waals surface area contributed by atoms with Gasteiger partial charge in [0.15, 0.2) is 0 Å². The van der Waals surface area contributed by atoms with Gasteiger partial charge >= 0.3 is 0 Å². The third kappa shape index (κ3) is 4.80. The summed E-state index contributed by atoms with van der Waals surface area (Å²) in [6.45, 7) is 8.85. The molecule has 0 fully saturated rings. The third-order valence-electron chi connectivity index (χ3n) is 3.09. The van der Waals surface area contributed by atoms with E-state index in [1.54, 1.807) is 0 Å². The maximum atomic E-state index is 4.37. The minimum atomic E-state index is 0.465. The maximum absolute atomic E-state index is 4.37. The molecule has 0 aliphatic heterocycles. The van der Waals surface area contributed by atoms with Gasteiger partial charge in [-0.05, 0) is 27.2 Å². The van der Waals surface area contributed by atoms with Crippen molar-refractivity contribution in [1.82, 2.24) is 9.55 Å². The van der Waals surface area contributed by atoms with Crippen molar-refractivity contribution in [2.24, 2.45) is 0 Å². The SMILES string of the molecule is CCCCCCC(C)Nc1nccn1C(C)C. The molecule has 0 amide bonds. The van der Waals surface area contributed by atoms with Crippen molar-refractivity contribution < 1.29 is 0 Å². The minimum absolute atomic E-state index is 0.465. The molecule has 3 nitrogen and oxygen atoms in total. The lowest BCUT2D eigenvalue weighted by Crippen LogP contribution is -2.18. The highest BCUT2D eigenvalue weighted by Crippen LogP contribution is 2.15. The lowest BCUT2D eigenvalue weighted by atomic mass is 10.1. The van der Waals surface area contributed by atoms with Gasteiger partial charge in [-0.2, -0.15) is 0 Å². The summed E-state index contributed by atoms with van der Waals surface area (Å²) in [4.78, 5) is 4.37. The Bertz CT molecular complexity index is 304. The highest BCUT2D eigenvalue weighted by molar-refractivity contribution is 5.27. The predicted molar refractivity (Wildman–Crippen MR) is 74.5 cm³/mol. The monoisotopic (exact) mass is 237 g/mol. The summed E-state index contributed by atoms with van der Waals surface area (Å²) >= 11 is 0. The fourth-order valence-electron chi connectivity index (χ4n) is 2.01. The maximum Gasteiger partial charge on any atom is 0.203 e. The van der Waals surface area contributed by atoms with E-state index < -0.39 is 0 Å². The van der Waals surface area contributed by atoms with Crippen molar-refractivity contribution in [3.05, 3.63) is 12.4 Å². The molecule has 1 aromatic heterocycles. The second-order valence-corrected chi connectivity index (χ2v) is 5.15. The second-order valence-electron chi connectivity index (χ2n) is 5.15. The van der Waals surface area contributed by atoms with Crippen LogP contribution in [-0.4, -0.2) is 15.6 Å². The summed E-state index contributed by atoms with van der Waals surface area (Å²) in [6, 6.07) is 0.971. The fraction of sp³-hybridized carbons (Fsp3) is 0.786. The van der Waals surface area contributed by atoms with Gasteiger partial charge in [0.25, 0.3) is 0 Å². The Morgan fingerprint density at radius 1 is 1.24 bits per heavy atom. The minimum Gasteiger partial charge on any atom is -0.353 e. The van der Waals surface area contributed by atoms with Crippen LogP contribution in [0.25, 0.3) is 0 Å². The van der Waals surface area contributed by atoms with Gasteiger partial charge in [-0.1, -0.05) is 32.6 Å². The van der Waals surface area contributed by atoms with Crippen LogP contribution in [0.1, 0.15) is 65.8 Å². The van der Waals surface area contributed by atoms with Crippen molar-refractivity contribution in [1.29, 1.82) is 0 Å². The summed E-state index contributed by atoms with van der Waals surface area (Å²) < 4.78 is 2.18. The van der Waals surface area contributed by atoms with Crippen molar-refractivity contribution in [3.63, 3.8) is 0 Å². The van der Waals surface area contributed by atoms with Crippen molar-refractivity contribution >= 4 is 5.95 Å². The lowest BCUT2D eigenvalue weighted by molar-refractivity contribution is 0.572. The average Bonchev–Trinajstić information content (AvgIpc) is 2.72. The van der Waals surface area contributed by atoms with E-state index in [9.17, 15) is 0 Å². The fourth-order valence-corrected chi connectivity index (χ4v) is 2.01. The van der Waals surface area contributed by atoms with E-state index in [2.05, 4.69) is 42.6 Å². The van der Waals surface area contributed by atoms with Crippen molar-refractivity contribution in [2.45, 2.75) is 71.9 Å². The number of aromatic nitrogens is 2. The number of imidazole rings is 1. The summed E-state index contributed by atoms with van der Waals surface area (Å²) in [5.41, 5.74) is 0. The normalized spacial score (nSPS) is 13.0. The molecule has 0 saturated carbocycles. The number of unbranched alkanes of at least 4 members (excludes halogenated alkanes) is 3. The molecular formula is C14H27N3. The molecule has 1 heterocycles. The van der Waals surface area contributed by atoms with Crippen LogP contribution in [-0.2, 0) is 0 Å². The zero-order valence-electron chi connectivity index (χ0n) is 11.7. The molecule has 0 aliphatic carbocycles. The molecule has 0 bridgehead atoms. The zero-order valence-corrected chi connectivity index (χ0v) is 11.7. The van der Waals surface area contributed by atoms with Gasteiger partial charge in [0.1, 0.15) is 0 Å². The topological polar surface area (TPSA) is 29.9 Å². The number of rotatable bonds is 8. The molecular weight excluding hydrogens is 210 g/mol. The van der Waals surface area contributed by atoms with Gasteiger partial charge < -0.3 is 9.88 Å². The number of nitrogens with zero attached hydrogens (tertiary/aromatic N) is 2. The molecule has 0 saturated heterocycles. The standard InChI is InChI=1S/C14H27N3/c1-5-6-7-8-9-13(4)16-14-15-10-11-17(14)12(2)3/h10-13H,5-9H2,1-4H3,(H,15,16). The molecule has 3 heteroatoms. The summed E-state index contributed by atoms with van der Waals surface area (Å²) in [5, 5.41) is 3.50. The van der Waals surface area contributed by atoms with Gasteiger partial charge in [0.05, 0.1) is 0 Å². The summed E-state index contributed by atoms with van der Waals surface area (Å²) in [6.07, 6.45) is 10.5. The molecule has 1 unspecified atom stereocenters. The Hall–Kier alpha value is -0.990. The van der Waals surface area contributed by atoms with Crippen LogP contribution >= 0.6 is 0 Å². The molecule has 0 radical (unpaired) electrons. The Balaban J connectivity index is 2.34. The summed E-state index contributed by atoms with van der Waals surface area (Å²) in [7, 11) is 0. The van der Waals surface area contributed by atoms with Gasteiger partial charge in [0.2, 0.25) is 5.95 Å². The molecule has 1 atom stereocenters. The first-order valence-electron chi connectivity index (χ1n) is 6.94. The molecule has 0 spiro atoms. The Morgan fingerprint density at radius 2 is 2.00 bits per heavy atom. The highest BCUT2D eigenvalue weighted by Gasteiger charge is 2.08. The van der Waals surface area contributed by atoms with Gasteiger partial charge in [-0.25, -0.2) is 4.98 Å². The Kier molecular flexibility index (Phi) is 6.09. The number of nitrogens with one attached hydrogen (secondary N) is 1. The van der Waals surface area contributed by atoms with E-state index in [4.69, 9.17) is 0 Å². The predicted octanol–water partition coefficient (Wildman–Crippen LogP) is 4.23. The molecule has 1 rings (SSSR count). The van der Waals surface area contributed by atoms with Gasteiger partial charge in [-0.3, -0.25) is 0 Å². The second kappa shape index (κ2) is 7.36. The van der Waals surface area contributed by atoms with Gasteiger partial charge in [0, 0.05) is 24.5 Å². The highest BCUT2D eigenvalue weighted by atomic mass is 15.2. The third-order valence-corrected chi connectivity index (χ3v) is 3.09. The Labute approximate surface area is 106 Å². The molecule has 17 heavy (non-hydrogen) atoms. The van der Waals surface area contributed by atoms with E-state index in [0.717, 1.165) is 5.95 Å². The van der Waals surface area contributed by atoms with Crippen LogP contribution in [0.15, 0.2) is 12.4 Å². The van der Waals surface area contributed by atoms with Crippen molar-refractivity contribution in [2.75, 3.05) is 5.32 Å². The first kappa shape index (κ1) is 14.1. The number of hydrogen-bond donors (Lipinski definition) is 1. The number of anilines is 1. The van der Waals surface area contributed by atoms with Crippen LogP contribution in [0, 0.1) is 0 Å². The lowest BCUT2D eigenvalue weighted by Gasteiger charge is -2.17. The first-order valence-corrected chi connectivity index (χ1v) is 6.94. The smallest absolute Gasteiger partial charge is 0.203 e. The van der Waals surface area contributed by atoms with Gasteiger partial charge in [-0.15, -0.1) is 0 Å². The van der Waals surface area contributed by atoms with Crippen LogP contribution < -0.4 is 5.32 Å².